The number of hydrogen-bond donors (Lipinski definition) is 1. The van der Waals surface area contributed by atoms with E-state index in [0.717, 1.165) is 18.4 Å². The molecule has 20 heavy (non-hydrogen) atoms. The summed E-state index contributed by atoms with van der Waals surface area (Å²) in [5.41, 5.74) is 1.94. The van der Waals surface area contributed by atoms with E-state index in [1.165, 1.54) is 0 Å². The van der Waals surface area contributed by atoms with Crippen molar-refractivity contribution in [3.63, 3.8) is 0 Å². The first-order chi connectivity index (χ1) is 9.65. The summed E-state index contributed by atoms with van der Waals surface area (Å²) in [5, 5.41) is 12.2. The molecule has 1 aliphatic heterocycles. The van der Waals surface area contributed by atoms with Crippen LogP contribution in [0.25, 0.3) is 6.08 Å². The minimum Gasteiger partial charge on any atom is -0.328 e. The highest BCUT2D eigenvalue weighted by Gasteiger charge is 2.29. The number of carbonyl (C=O) groups is 1. The normalized spacial score (nSPS) is 16.4. The number of nitrogens with zero attached hydrogens (tertiary/aromatic N) is 2. The number of nitriles is 1. The Balaban J connectivity index is 2.16. The van der Waals surface area contributed by atoms with Crippen LogP contribution in [0.5, 0.6) is 0 Å². The zero-order chi connectivity index (χ0) is 14.5. The number of benzene rings is 1. The number of thiocarbonyl (C=S) groups is 1. The van der Waals surface area contributed by atoms with Gasteiger partial charge in [0.15, 0.2) is 5.11 Å². The molecule has 1 aliphatic rings. The lowest BCUT2D eigenvalue weighted by molar-refractivity contribution is -0.122. The Labute approximate surface area is 123 Å². The highest BCUT2D eigenvalue weighted by Crippen LogP contribution is 2.15. The molecule has 0 radical (unpaired) electrons. The molecule has 1 N–H and O–H groups in total. The molecule has 4 nitrogen and oxygen atoms in total. The number of amides is 1. The van der Waals surface area contributed by atoms with Crippen molar-refractivity contribution in [2.75, 3.05) is 6.54 Å². The van der Waals surface area contributed by atoms with Gasteiger partial charge in [-0.05, 0) is 42.4 Å². The Hall–Kier alpha value is -2.19. The van der Waals surface area contributed by atoms with Gasteiger partial charge in [-0.3, -0.25) is 9.69 Å². The van der Waals surface area contributed by atoms with E-state index in [1.807, 2.05) is 0 Å². The van der Waals surface area contributed by atoms with Crippen LogP contribution in [0.3, 0.4) is 0 Å². The molecule has 1 saturated heterocycles. The Morgan fingerprint density at radius 2 is 2.10 bits per heavy atom. The van der Waals surface area contributed by atoms with E-state index < -0.39 is 0 Å². The fourth-order valence-corrected chi connectivity index (χ4v) is 2.20. The van der Waals surface area contributed by atoms with Gasteiger partial charge in [0.1, 0.15) is 5.70 Å². The summed E-state index contributed by atoms with van der Waals surface area (Å²) in [5.74, 6) is -0.0900. The zero-order valence-electron chi connectivity index (χ0n) is 11.2. The van der Waals surface area contributed by atoms with Gasteiger partial charge in [0.05, 0.1) is 11.6 Å². The fraction of sp³-hybridized carbons (Fsp3) is 0.267. The molecule has 0 atom stereocenters. The maximum atomic E-state index is 12.2. The van der Waals surface area contributed by atoms with E-state index >= 15 is 0 Å². The molecular formula is C15H15N3OS. The molecule has 0 aromatic heterocycles. The van der Waals surface area contributed by atoms with E-state index in [2.05, 4.69) is 18.3 Å². The first kappa shape index (κ1) is 14.2. The first-order valence-corrected chi connectivity index (χ1v) is 6.91. The van der Waals surface area contributed by atoms with Crippen LogP contribution in [0.1, 0.15) is 30.9 Å². The maximum Gasteiger partial charge on any atom is 0.276 e. The molecule has 102 valence electrons. The minimum absolute atomic E-state index is 0.0900. The molecule has 0 saturated carbocycles. The maximum absolute atomic E-state index is 12.2. The van der Waals surface area contributed by atoms with Crippen molar-refractivity contribution in [1.29, 1.82) is 5.26 Å². The highest BCUT2D eigenvalue weighted by atomic mass is 32.1. The summed E-state index contributed by atoms with van der Waals surface area (Å²) >= 11 is 5.17. The van der Waals surface area contributed by atoms with Crippen molar-refractivity contribution in [2.24, 2.45) is 0 Å². The lowest BCUT2D eigenvalue weighted by Crippen LogP contribution is -2.31. The standard InChI is InChI=1S/C15H15N3OS/c1-2-3-8-18-14(19)13(17-15(18)20)9-11-4-6-12(10-16)7-5-11/h4-7,9H,2-3,8H2,1H3,(H,17,20)/b13-9+. The second-order valence-electron chi connectivity index (χ2n) is 4.53. The van der Waals surface area contributed by atoms with E-state index in [1.54, 1.807) is 35.2 Å². The summed E-state index contributed by atoms with van der Waals surface area (Å²) in [6, 6.07) is 9.11. The van der Waals surface area contributed by atoms with Gasteiger partial charge in [0.25, 0.3) is 5.91 Å². The van der Waals surface area contributed by atoms with Crippen molar-refractivity contribution in [1.82, 2.24) is 10.2 Å². The highest BCUT2D eigenvalue weighted by molar-refractivity contribution is 7.80. The van der Waals surface area contributed by atoms with Crippen LogP contribution in [-0.4, -0.2) is 22.5 Å². The average Bonchev–Trinajstić information content (AvgIpc) is 2.72. The van der Waals surface area contributed by atoms with Crippen LogP contribution >= 0.6 is 12.2 Å². The Morgan fingerprint density at radius 1 is 1.40 bits per heavy atom. The van der Waals surface area contributed by atoms with Crippen LogP contribution in [-0.2, 0) is 4.79 Å². The van der Waals surface area contributed by atoms with E-state index in [-0.39, 0.29) is 5.91 Å². The van der Waals surface area contributed by atoms with Crippen molar-refractivity contribution in [3.05, 3.63) is 41.1 Å². The molecular weight excluding hydrogens is 270 g/mol. The number of hydrogen-bond acceptors (Lipinski definition) is 3. The molecule has 1 heterocycles. The van der Waals surface area contributed by atoms with Crippen LogP contribution in [0, 0.1) is 11.3 Å². The van der Waals surface area contributed by atoms with Gasteiger partial charge in [0, 0.05) is 6.54 Å². The van der Waals surface area contributed by atoms with Gasteiger partial charge < -0.3 is 5.32 Å². The van der Waals surface area contributed by atoms with E-state index in [0.29, 0.717) is 22.9 Å². The van der Waals surface area contributed by atoms with Gasteiger partial charge >= 0.3 is 0 Å². The first-order valence-electron chi connectivity index (χ1n) is 6.50. The van der Waals surface area contributed by atoms with Gasteiger partial charge in [-0.1, -0.05) is 25.5 Å². The number of carbonyl (C=O) groups excluding carboxylic acids is 1. The lowest BCUT2D eigenvalue weighted by atomic mass is 10.1. The number of nitrogens with one attached hydrogen (secondary N) is 1. The molecule has 0 aliphatic carbocycles. The summed E-state index contributed by atoms with van der Waals surface area (Å²) in [6.07, 6.45) is 3.69. The average molecular weight is 285 g/mol. The summed E-state index contributed by atoms with van der Waals surface area (Å²) in [7, 11) is 0. The number of rotatable bonds is 4. The van der Waals surface area contributed by atoms with Crippen LogP contribution in [0.15, 0.2) is 30.0 Å². The smallest absolute Gasteiger partial charge is 0.276 e. The van der Waals surface area contributed by atoms with Gasteiger partial charge in [-0.25, -0.2) is 0 Å². The van der Waals surface area contributed by atoms with E-state index in [4.69, 9.17) is 17.5 Å². The minimum atomic E-state index is -0.0900. The predicted octanol–water partition coefficient (Wildman–Crippen LogP) is 2.42. The van der Waals surface area contributed by atoms with Crippen LogP contribution in [0.4, 0.5) is 0 Å². The van der Waals surface area contributed by atoms with Crippen molar-refractivity contribution >= 4 is 29.3 Å². The molecule has 0 unspecified atom stereocenters. The van der Waals surface area contributed by atoms with E-state index in [9.17, 15) is 4.79 Å². The van der Waals surface area contributed by atoms with Crippen LogP contribution < -0.4 is 5.32 Å². The summed E-state index contributed by atoms with van der Waals surface area (Å²) in [4.78, 5) is 13.8. The largest absolute Gasteiger partial charge is 0.328 e. The molecule has 2 rings (SSSR count). The molecule has 0 spiro atoms. The van der Waals surface area contributed by atoms with Crippen molar-refractivity contribution < 1.29 is 4.79 Å². The summed E-state index contributed by atoms with van der Waals surface area (Å²) < 4.78 is 0. The fourth-order valence-electron chi connectivity index (χ4n) is 1.91. The topological polar surface area (TPSA) is 56.1 Å². The van der Waals surface area contributed by atoms with Gasteiger partial charge in [-0.2, -0.15) is 5.26 Å². The predicted molar refractivity (Wildman–Crippen MR) is 81.5 cm³/mol. The number of unbranched alkanes of at least 4 members (excludes halogenated alkanes) is 1. The van der Waals surface area contributed by atoms with Crippen LogP contribution in [0.2, 0.25) is 0 Å². The lowest BCUT2D eigenvalue weighted by Gasteiger charge is -2.12. The summed E-state index contributed by atoms with van der Waals surface area (Å²) in [6.45, 7) is 2.72. The third-order valence-electron chi connectivity index (χ3n) is 3.05. The molecule has 1 aromatic rings. The zero-order valence-corrected chi connectivity index (χ0v) is 12.0. The SMILES string of the molecule is CCCCN1C(=O)/C(=C\c2ccc(C#N)cc2)NC1=S. The molecule has 1 amide bonds. The third kappa shape index (κ3) is 3.03. The second-order valence-corrected chi connectivity index (χ2v) is 4.92. The van der Waals surface area contributed by atoms with Crippen molar-refractivity contribution in [3.8, 4) is 6.07 Å². The van der Waals surface area contributed by atoms with Gasteiger partial charge in [0.2, 0.25) is 0 Å². The van der Waals surface area contributed by atoms with Crippen molar-refractivity contribution in [2.45, 2.75) is 19.8 Å². The Kier molecular flexibility index (Phi) is 4.49. The second kappa shape index (κ2) is 6.31. The monoisotopic (exact) mass is 285 g/mol. The van der Waals surface area contributed by atoms with Gasteiger partial charge in [-0.15, -0.1) is 0 Å². The molecule has 1 fully saturated rings. The molecule has 5 heteroatoms. The quantitative estimate of drug-likeness (QED) is 0.682. The Morgan fingerprint density at radius 3 is 2.70 bits per heavy atom. The molecule has 0 bridgehead atoms. The third-order valence-corrected chi connectivity index (χ3v) is 3.37. The molecule has 1 aromatic carbocycles. The Bertz CT molecular complexity index is 599.